The van der Waals surface area contributed by atoms with Crippen molar-refractivity contribution < 1.29 is 32.0 Å². The van der Waals surface area contributed by atoms with Crippen molar-refractivity contribution in [2.75, 3.05) is 11.9 Å². The highest BCUT2D eigenvalue weighted by Gasteiger charge is 2.37. The summed E-state index contributed by atoms with van der Waals surface area (Å²) in [6.07, 6.45) is -3.77. The van der Waals surface area contributed by atoms with Crippen LogP contribution in [0.5, 0.6) is 0 Å². The zero-order valence-corrected chi connectivity index (χ0v) is 16.7. The third-order valence-electron chi connectivity index (χ3n) is 4.95. The third kappa shape index (κ3) is 4.86. The number of halogens is 3. The van der Waals surface area contributed by atoms with E-state index in [0.29, 0.717) is 25.5 Å². The molecule has 3 rings (SSSR count). The fraction of sp³-hybridized carbons (Fsp3) is 0.400. The smallest absolute Gasteiger partial charge is 0.417 e. The first-order chi connectivity index (χ1) is 14.5. The van der Waals surface area contributed by atoms with Gasteiger partial charge in [-0.05, 0) is 31.9 Å². The van der Waals surface area contributed by atoms with Gasteiger partial charge >= 0.3 is 11.8 Å². The van der Waals surface area contributed by atoms with Crippen LogP contribution in [-0.2, 0) is 20.6 Å². The molecule has 2 N–H and O–H groups in total. The minimum atomic E-state index is -4.74. The maximum absolute atomic E-state index is 13.2. The lowest BCUT2D eigenvalue weighted by Crippen LogP contribution is -2.51. The van der Waals surface area contributed by atoms with Crippen LogP contribution in [0.15, 0.2) is 33.5 Å². The first-order valence-electron chi connectivity index (χ1n) is 9.51. The average molecular weight is 439 g/mol. The summed E-state index contributed by atoms with van der Waals surface area (Å²) in [6, 6.07) is 2.27. The Balaban J connectivity index is 1.82. The van der Waals surface area contributed by atoms with E-state index in [9.17, 15) is 32.3 Å². The lowest BCUT2D eigenvalue weighted by Gasteiger charge is -2.27. The van der Waals surface area contributed by atoms with Crippen molar-refractivity contribution in [3.63, 3.8) is 0 Å². The predicted molar refractivity (Wildman–Crippen MR) is 104 cm³/mol. The van der Waals surface area contributed by atoms with Crippen LogP contribution >= 0.6 is 0 Å². The van der Waals surface area contributed by atoms with E-state index in [1.54, 1.807) is 0 Å². The van der Waals surface area contributed by atoms with Gasteiger partial charge in [-0.25, -0.2) is 4.79 Å². The van der Waals surface area contributed by atoms with Crippen LogP contribution in [0.1, 0.15) is 32.3 Å². The highest BCUT2D eigenvalue weighted by Crippen LogP contribution is 2.34. The van der Waals surface area contributed by atoms with E-state index in [1.165, 1.54) is 24.8 Å². The van der Waals surface area contributed by atoms with Crippen LogP contribution in [0.4, 0.5) is 18.9 Å². The maximum atomic E-state index is 13.2. The Kier molecular flexibility index (Phi) is 6.05. The number of likely N-dealkylation sites (tertiary alicyclic amines) is 1. The fourth-order valence-electron chi connectivity index (χ4n) is 3.62. The molecule has 11 heteroatoms. The molecule has 0 spiro atoms. The molecule has 0 bridgehead atoms. The van der Waals surface area contributed by atoms with Gasteiger partial charge in [-0.2, -0.15) is 13.2 Å². The molecular formula is C20H20F3N3O5. The van der Waals surface area contributed by atoms with E-state index in [4.69, 9.17) is 4.42 Å². The molecule has 8 nitrogen and oxygen atoms in total. The summed E-state index contributed by atoms with van der Waals surface area (Å²) in [5.74, 6) is -1.32. The Morgan fingerprint density at radius 3 is 2.58 bits per heavy atom. The van der Waals surface area contributed by atoms with Gasteiger partial charge in [-0.1, -0.05) is 0 Å². The van der Waals surface area contributed by atoms with Crippen LogP contribution in [-0.4, -0.2) is 41.2 Å². The minimum absolute atomic E-state index is 0.120. The standard InChI is InChI=1S/C20H20F3N3O5/c1-10(24-11(2)27)19(30)26-7-3-4-15(26)18(29)25-12-5-6-13-14(20(21,22)23)9-17(28)31-16(13)8-12/h5-6,8-10,15H,3-4,7H2,1-2H3,(H,24,27)(H,25,29)/t10-,15+/m1/s1. The van der Waals surface area contributed by atoms with Crippen molar-refractivity contribution in [3.8, 4) is 0 Å². The molecule has 166 valence electrons. The number of anilines is 1. The number of benzene rings is 1. The molecule has 1 aromatic carbocycles. The maximum Gasteiger partial charge on any atom is 0.417 e. The molecule has 1 saturated heterocycles. The molecule has 2 atom stereocenters. The van der Waals surface area contributed by atoms with Gasteiger partial charge in [0, 0.05) is 36.7 Å². The number of amides is 3. The van der Waals surface area contributed by atoms with Gasteiger partial charge in [-0.15, -0.1) is 0 Å². The van der Waals surface area contributed by atoms with E-state index < -0.39 is 41.3 Å². The van der Waals surface area contributed by atoms with E-state index in [2.05, 4.69) is 10.6 Å². The molecule has 0 aliphatic carbocycles. The fourth-order valence-corrected chi connectivity index (χ4v) is 3.62. The zero-order valence-electron chi connectivity index (χ0n) is 16.7. The summed E-state index contributed by atoms with van der Waals surface area (Å²) in [5, 5.41) is 4.72. The van der Waals surface area contributed by atoms with Crippen LogP contribution in [0.2, 0.25) is 0 Å². The molecular weight excluding hydrogens is 419 g/mol. The van der Waals surface area contributed by atoms with Crippen molar-refractivity contribution in [1.29, 1.82) is 0 Å². The van der Waals surface area contributed by atoms with Crippen molar-refractivity contribution in [2.24, 2.45) is 0 Å². The molecule has 0 saturated carbocycles. The molecule has 1 fully saturated rings. The van der Waals surface area contributed by atoms with Crippen LogP contribution < -0.4 is 16.3 Å². The Bertz CT molecular complexity index is 1100. The average Bonchev–Trinajstić information content (AvgIpc) is 3.15. The van der Waals surface area contributed by atoms with Crippen molar-refractivity contribution >= 4 is 34.4 Å². The largest absolute Gasteiger partial charge is 0.423 e. The predicted octanol–water partition coefficient (Wildman–Crippen LogP) is 2.27. The van der Waals surface area contributed by atoms with Gasteiger partial charge in [0.2, 0.25) is 17.7 Å². The van der Waals surface area contributed by atoms with Crippen LogP contribution in [0.25, 0.3) is 11.0 Å². The number of fused-ring (bicyclic) bond motifs is 1. The van der Waals surface area contributed by atoms with Gasteiger partial charge in [-0.3, -0.25) is 14.4 Å². The Morgan fingerprint density at radius 2 is 1.94 bits per heavy atom. The van der Waals surface area contributed by atoms with Gasteiger partial charge in [0.15, 0.2) is 0 Å². The summed E-state index contributed by atoms with van der Waals surface area (Å²) < 4.78 is 44.3. The second-order valence-corrected chi connectivity index (χ2v) is 7.29. The molecule has 3 amide bonds. The summed E-state index contributed by atoms with van der Waals surface area (Å²) in [7, 11) is 0. The first-order valence-corrected chi connectivity index (χ1v) is 9.51. The second-order valence-electron chi connectivity index (χ2n) is 7.29. The quantitative estimate of drug-likeness (QED) is 0.711. The highest BCUT2D eigenvalue weighted by molar-refractivity contribution is 5.99. The molecule has 1 aromatic heterocycles. The number of rotatable bonds is 4. The van der Waals surface area contributed by atoms with E-state index in [1.807, 2.05) is 0 Å². The number of alkyl halides is 3. The van der Waals surface area contributed by atoms with Crippen molar-refractivity contribution in [2.45, 2.75) is 44.9 Å². The highest BCUT2D eigenvalue weighted by atomic mass is 19.4. The Morgan fingerprint density at radius 1 is 1.23 bits per heavy atom. The van der Waals surface area contributed by atoms with E-state index in [-0.39, 0.29) is 22.6 Å². The van der Waals surface area contributed by atoms with E-state index in [0.717, 1.165) is 12.1 Å². The minimum Gasteiger partial charge on any atom is -0.423 e. The van der Waals surface area contributed by atoms with Gasteiger partial charge < -0.3 is 20.0 Å². The molecule has 31 heavy (non-hydrogen) atoms. The van der Waals surface area contributed by atoms with E-state index >= 15 is 0 Å². The van der Waals surface area contributed by atoms with Gasteiger partial charge in [0.25, 0.3) is 0 Å². The normalized spacial score (nSPS) is 17.5. The third-order valence-corrected chi connectivity index (χ3v) is 4.95. The number of carbonyl (C=O) groups excluding carboxylic acids is 3. The molecule has 2 aromatic rings. The lowest BCUT2D eigenvalue weighted by atomic mass is 10.1. The van der Waals surface area contributed by atoms with Gasteiger partial charge in [0.1, 0.15) is 17.7 Å². The number of carbonyl (C=O) groups is 3. The Labute approximate surface area is 174 Å². The lowest BCUT2D eigenvalue weighted by molar-refractivity contribution is -0.139. The topological polar surface area (TPSA) is 109 Å². The molecule has 1 aliphatic rings. The second kappa shape index (κ2) is 8.40. The zero-order chi connectivity index (χ0) is 22.9. The Hall–Kier alpha value is -3.37. The SMILES string of the molecule is CC(=O)N[C@H](C)C(=O)N1CCC[C@H]1C(=O)Nc1ccc2c(C(F)(F)F)cc(=O)oc2c1. The number of hydrogen-bond acceptors (Lipinski definition) is 5. The van der Waals surface area contributed by atoms with Crippen LogP contribution in [0, 0.1) is 0 Å². The number of nitrogens with zero attached hydrogens (tertiary/aromatic N) is 1. The number of hydrogen-bond donors (Lipinski definition) is 2. The van der Waals surface area contributed by atoms with Gasteiger partial charge in [0.05, 0.1) is 5.56 Å². The number of nitrogens with one attached hydrogen (secondary N) is 2. The summed E-state index contributed by atoms with van der Waals surface area (Å²) in [6.45, 7) is 3.13. The molecule has 1 aliphatic heterocycles. The van der Waals surface area contributed by atoms with Crippen molar-refractivity contribution in [1.82, 2.24) is 10.2 Å². The monoisotopic (exact) mass is 439 g/mol. The summed E-state index contributed by atoms with van der Waals surface area (Å²) in [4.78, 5) is 49.4. The molecule has 2 heterocycles. The molecule has 0 radical (unpaired) electrons. The van der Waals surface area contributed by atoms with Crippen molar-refractivity contribution in [3.05, 3.63) is 40.2 Å². The summed E-state index contributed by atoms with van der Waals surface area (Å²) in [5.41, 5.74) is -2.50. The van der Waals surface area contributed by atoms with Crippen LogP contribution in [0.3, 0.4) is 0 Å². The molecule has 0 unspecified atom stereocenters. The first kappa shape index (κ1) is 22.3. The summed E-state index contributed by atoms with van der Waals surface area (Å²) >= 11 is 0.